The number of fused-ring (bicyclic) bond motifs is 2. The van der Waals surface area contributed by atoms with E-state index in [-0.39, 0.29) is 0 Å². The first-order valence-electron chi connectivity index (χ1n) is 5.60. The van der Waals surface area contributed by atoms with Gasteiger partial charge in [-0.1, -0.05) is 23.7 Å². The van der Waals surface area contributed by atoms with Crippen LogP contribution in [0.4, 0.5) is 0 Å². The van der Waals surface area contributed by atoms with Gasteiger partial charge in [-0.15, -0.1) is 0 Å². The minimum absolute atomic E-state index is 0.682. The lowest BCUT2D eigenvalue weighted by Gasteiger charge is -1.85. The molecule has 0 amide bonds. The molecular formula is C14H9ClN2O2. The molecule has 5 heteroatoms. The van der Waals surface area contributed by atoms with Crippen molar-refractivity contribution in [2.45, 2.75) is 0 Å². The molecule has 2 heterocycles. The van der Waals surface area contributed by atoms with E-state index in [0.717, 1.165) is 22.2 Å². The van der Waals surface area contributed by atoms with Gasteiger partial charge in [0.1, 0.15) is 11.0 Å². The van der Waals surface area contributed by atoms with Crippen LogP contribution in [0.2, 0.25) is 5.02 Å². The van der Waals surface area contributed by atoms with E-state index in [0.29, 0.717) is 5.02 Å². The van der Waals surface area contributed by atoms with E-state index < -0.39 is 0 Å². The van der Waals surface area contributed by atoms with Gasteiger partial charge in [-0.3, -0.25) is 0 Å². The quantitative estimate of drug-likeness (QED) is 0.479. The fraction of sp³-hybridized carbons (Fsp3) is 0. The number of benzene rings is 2. The van der Waals surface area contributed by atoms with E-state index in [1.807, 2.05) is 24.3 Å². The number of rotatable bonds is 0. The topological polar surface area (TPSA) is 52.1 Å². The second-order valence-electron chi connectivity index (χ2n) is 3.78. The summed E-state index contributed by atoms with van der Waals surface area (Å²) in [5.41, 5.74) is 3.33. The molecule has 94 valence electrons. The predicted molar refractivity (Wildman–Crippen MR) is 73.0 cm³/mol. The number of halogens is 1. The molecule has 0 aliphatic heterocycles. The van der Waals surface area contributed by atoms with Crippen LogP contribution in [0.5, 0.6) is 0 Å². The standard InChI is InChI=1S/C7H4ClNO.C7H5NO/c8-5-1-2-7-6(3-5)9-4-10-7;1-2-4-7-6(3-1)8-5-9-7/h1-4H;1-5H. The Labute approximate surface area is 113 Å². The maximum atomic E-state index is 5.69. The van der Waals surface area contributed by atoms with Crippen molar-refractivity contribution in [2.75, 3.05) is 0 Å². The van der Waals surface area contributed by atoms with Gasteiger partial charge in [0.05, 0.1) is 0 Å². The Morgan fingerprint density at radius 2 is 1.47 bits per heavy atom. The number of para-hydroxylation sites is 2. The summed E-state index contributed by atoms with van der Waals surface area (Å²) in [4.78, 5) is 7.88. The highest BCUT2D eigenvalue weighted by Crippen LogP contribution is 2.16. The van der Waals surface area contributed by atoms with Gasteiger partial charge >= 0.3 is 0 Å². The van der Waals surface area contributed by atoms with Crippen molar-refractivity contribution in [1.82, 2.24) is 9.97 Å². The molecule has 0 radical (unpaired) electrons. The molecule has 4 nitrogen and oxygen atoms in total. The smallest absolute Gasteiger partial charge is 0.181 e. The summed E-state index contributed by atoms with van der Waals surface area (Å²) in [6.07, 6.45) is 2.85. The average Bonchev–Trinajstić information content (AvgIpc) is 3.07. The second-order valence-corrected chi connectivity index (χ2v) is 4.22. The zero-order valence-corrected chi connectivity index (χ0v) is 10.5. The van der Waals surface area contributed by atoms with Crippen LogP contribution >= 0.6 is 11.6 Å². The highest BCUT2D eigenvalue weighted by Gasteiger charge is 1.96. The van der Waals surface area contributed by atoms with Gasteiger partial charge in [-0.2, -0.15) is 0 Å². The molecule has 0 atom stereocenters. The molecule has 0 aliphatic carbocycles. The van der Waals surface area contributed by atoms with Gasteiger partial charge in [0.25, 0.3) is 0 Å². The molecule has 0 saturated heterocycles. The van der Waals surface area contributed by atoms with Crippen LogP contribution < -0.4 is 0 Å². The van der Waals surface area contributed by atoms with E-state index in [1.165, 1.54) is 12.8 Å². The van der Waals surface area contributed by atoms with Crippen molar-refractivity contribution in [3.05, 3.63) is 60.3 Å². The normalized spacial score (nSPS) is 10.4. The van der Waals surface area contributed by atoms with Gasteiger partial charge in [0.15, 0.2) is 24.0 Å². The maximum Gasteiger partial charge on any atom is 0.181 e. The second kappa shape index (κ2) is 5.12. The summed E-state index contributed by atoms with van der Waals surface area (Å²) in [6, 6.07) is 13.0. The molecule has 0 saturated carbocycles. The molecule has 0 spiro atoms. The molecular weight excluding hydrogens is 264 g/mol. The Morgan fingerprint density at radius 3 is 2.26 bits per heavy atom. The van der Waals surface area contributed by atoms with Crippen molar-refractivity contribution < 1.29 is 8.83 Å². The van der Waals surface area contributed by atoms with Gasteiger partial charge in [-0.25, -0.2) is 9.97 Å². The predicted octanol–water partition coefficient (Wildman–Crippen LogP) is 4.31. The SMILES string of the molecule is Clc1ccc2ocnc2c1.c1ccc2ocnc2c1. The number of nitrogens with zero attached hydrogens (tertiary/aromatic N) is 2. The Hall–Kier alpha value is -2.33. The van der Waals surface area contributed by atoms with Crippen molar-refractivity contribution in [3.8, 4) is 0 Å². The van der Waals surface area contributed by atoms with E-state index in [2.05, 4.69) is 9.97 Å². The minimum atomic E-state index is 0.682. The summed E-state index contributed by atoms with van der Waals surface area (Å²) in [5.74, 6) is 0. The highest BCUT2D eigenvalue weighted by atomic mass is 35.5. The Bertz CT molecular complexity index is 777. The third-order valence-electron chi connectivity index (χ3n) is 2.53. The average molecular weight is 273 g/mol. The first kappa shape index (κ1) is 11.7. The number of hydrogen-bond donors (Lipinski definition) is 0. The lowest BCUT2D eigenvalue weighted by molar-refractivity contribution is 0.602. The van der Waals surface area contributed by atoms with Gasteiger partial charge < -0.3 is 8.83 Å². The minimum Gasteiger partial charge on any atom is -0.443 e. The molecule has 2 aromatic heterocycles. The van der Waals surface area contributed by atoms with Crippen LogP contribution in [0.1, 0.15) is 0 Å². The van der Waals surface area contributed by atoms with Gasteiger partial charge in [0, 0.05) is 5.02 Å². The molecule has 2 aromatic carbocycles. The summed E-state index contributed by atoms with van der Waals surface area (Å²) in [6.45, 7) is 0. The van der Waals surface area contributed by atoms with Crippen molar-refractivity contribution >= 4 is 33.8 Å². The third-order valence-corrected chi connectivity index (χ3v) is 2.76. The molecule has 0 aliphatic rings. The van der Waals surface area contributed by atoms with Crippen LogP contribution in [0.3, 0.4) is 0 Å². The van der Waals surface area contributed by atoms with Crippen molar-refractivity contribution in [3.63, 3.8) is 0 Å². The summed E-state index contributed by atoms with van der Waals surface area (Å²) in [7, 11) is 0. The zero-order valence-electron chi connectivity index (χ0n) is 9.79. The van der Waals surface area contributed by atoms with E-state index in [9.17, 15) is 0 Å². The summed E-state index contributed by atoms with van der Waals surface area (Å²) in [5, 5.41) is 0.682. The molecule has 0 N–H and O–H groups in total. The molecule has 19 heavy (non-hydrogen) atoms. The van der Waals surface area contributed by atoms with Crippen LogP contribution in [0, 0.1) is 0 Å². The zero-order chi connectivity index (χ0) is 13.1. The number of hydrogen-bond acceptors (Lipinski definition) is 4. The molecule has 4 rings (SSSR count). The monoisotopic (exact) mass is 272 g/mol. The van der Waals surface area contributed by atoms with Gasteiger partial charge in [0.2, 0.25) is 0 Å². The van der Waals surface area contributed by atoms with Crippen molar-refractivity contribution in [1.29, 1.82) is 0 Å². The van der Waals surface area contributed by atoms with Crippen LogP contribution in [-0.2, 0) is 0 Å². The van der Waals surface area contributed by atoms with Crippen LogP contribution in [-0.4, -0.2) is 9.97 Å². The van der Waals surface area contributed by atoms with Crippen LogP contribution in [0.25, 0.3) is 22.2 Å². The van der Waals surface area contributed by atoms with E-state index in [4.69, 9.17) is 20.4 Å². The molecule has 4 aromatic rings. The Kier molecular flexibility index (Phi) is 3.16. The maximum absolute atomic E-state index is 5.69. The van der Waals surface area contributed by atoms with Crippen LogP contribution in [0.15, 0.2) is 64.1 Å². The first-order valence-corrected chi connectivity index (χ1v) is 5.98. The fourth-order valence-corrected chi connectivity index (χ4v) is 1.80. The highest BCUT2D eigenvalue weighted by molar-refractivity contribution is 6.31. The van der Waals surface area contributed by atoms with Gasteiger partial charge in [-0.05, 0) is 30.3 Å². The number of aromatic nitrogens is 2. The lowest BCUT2D eigenvalue weighted by Crippen LogP contribution is -1.65. The summed E-state index contributed by atoms with van der Waals surface area (Å²) >= 11 is 5.69. The Morgan fingerprint density at radius 1 is 0.789 bits per heavy atom. The molecule has 0 bridgehead atoms. The largest absolute Gasteiger partial charge is 0.443 e. The van der Waals surface area contributed by atoms with Crippen molar-refractivity contribution in [2.24, 2.45) is 0 Å². The summed E-state index contributed by atoms with van der Waals surface area (Å²) < 4.78 is 10.0. The van der Waals surface area contributed by atoms with E-state index in [1.54, 1.807) is 18.2 Å². The van der Waals surface area contributed by atoms with E-state index >= 15 is 0 Å². The first-order chi connectivity index (χ1) is 9.33. The number of oxazole rings is 2. The fourth-order valence-electron chi connectivity index (χ4n) is 1.63. The molecule has 0 unspecified atom stereocenters. The third kappa shape index (κ3) is 2.58. The lowest BCUT2D eigenvalue weighted by atomic mass is 10.3. The molecule has 0 fully saturated rings. The Balaban J connectivity index is 0.000000117.